The molecule has 8 nitrogen and oxygen atoms in total. The van der Waals surface area contributed by atoms with Crippen molar-refractivity contribution in [3.63, 3.8) is 0 Å². The zero-order chi connectivity index (χ0) is 28.1. The first-order valence-corrected chi connectivity index (χ1v) is 13.8. The first kappa shape index (κ1) is 30.5. The summed E-state index contributed by atoms with van der Waals surface area (Å²) in [5, 5.41) is 3.98. The second kappa shape index (κ2) is 13.5. The predicted molar refractivity (Wildman–Crippen MR) is 161 cm³/mol. The van der Waals surface area contributed by atoms with Gasteiger partial charge in [-0.15, -0.1) is 0 Å². The van der Waals surface area contributed by atoms with Crippen LogP contribution in [-0.2, 0) is 18.3 Å². The van der Waals surface area contributed by atoms with Gasteiger partial charge < -0.3 is 4.74 Å². The maximum Gasteiger partial charge on any atom is 0.438 e. The number of hydrogen-bond acceptors (Lipinski definition) is 6. The molecule has 1 radical (unpaired) electrons. The van der Waals surface area contributed by atoms with Crippen LogP contribution in [0, 0.1) is 0 Å². The van der Waals surface area contributed by atoms with Gasteiger partial charge in [-0.1, -0.05) is 61.0 Å². The molecule has 0 aliphatic heterocycles. The minimum atomic E-state index is -0.563. The summed E-state index contributed by atoms with van der Waals surface area (Å²) in [7, 11) is 0. The predicted octanol–water partition coefficient (Wildman–Crippen LogP) is 5.16. The Morgan fingerprint density at radius 3 is 2.49 bits per heavy atom. The molecule has 1 N–H and O–H groups in total. The van der Waals surface area contributed by atoms with Crippen LogP contribution in [0.3, 0.4) is 0 Å². The first-order valence-electron chi connectivity index (χ1n) is 13.8. The Morgan fingerprint density at radius 2 is 1.83 bits per heavy atom. The summed E-state index contributed by atoms with van der Waals surface area (Å²) in [4.78, 5) is 32.9. The molecular weight excluding hydrogens is 527 g/mol. The Morgan fingerprint density at radius 1 is 1.07 bits per heavy atom. The Labute approximate surface area is 261 Å². The number of unbranched alkanes of at least 4 members (excludes halogenated alkanes) is 1. The van der Waals surface area contributed by atoms with Crippen molar-refractivity contribution in [1.29, 1.82) is 0 Å². The Kier molecular flexibility index (Phi) is 10.0. The van der Waals surface area contributed by atoms with Gasteiger partial charge >= 0.3 is 5.76 Å². The minimum Gasteiger partial charge on any atom is -0.494 e. The van der Waals surface area contributed by atoms with Gasteiger partial charge in [0.15, 0.2) is 5.82 Å². The van der Waals surface area contributed by atoms with E-state index in [9.17, 15) is 9.59 Å². The SMILES string of the molecule is CCCCc1ncn(-c2ccc(OCC)cc2)c(=O)c1Cc1ccc(C2=CC=CCC2(C)c2noc(=O)[nH]2)cc1.[Na]. The van der Waals surface area contributed by atoms with E-state index in [1.807, 2.05) is 50.3 Å². The van der Waals surface area contributed by atoms with E-state index in [1.54, 1.807) is 10.9 Å². The minimum absolute atomic E-state index is 0. The van der Waals surface area contributed by atoms with Gasteiger partial charge in [-0.3, -0.25) is 18.9 Å². The normalized spacial score (nSPS) is 16.2. The molecule has 1 unspecified atom stereocenters. The zero-order valence-corrected chi connectivity index (χ0v) is 26.1. The molecule has 5 rings (SSSR count). The number of aromatic amines is 1. The standard InChI is InChI=1S/C32H34N4O4.Na/c1-4-6-10-28-26(29(37)36(21-33-28)24-15-17-25(18-16-24)39-5-2)20-22-11-13-23(14-12-22)27-9-7-8-19-32(27,3)30-34-31(38)40-35-30;/h7-9,11-18,21H,4-6,10,19-20H2,1-3H3,(H,34,35,38);. The summed E-state index contributed by atoms with van der Waals surface area (Å²) in [6.07, 6.45) is 11.7. The first-order chi connectivity index (χ1) is 19.4. The average molecular weight is 562 g/mol. The third-order valence-electron chi connectivity index (χ3n) is 7.48. The molecular formula is C32H34N4NaO4. The van der Waals surface area contributed by atoms with Crippen molar-refractivity contribution < 1.29 is 9.26 Å². The summed E-state index contributed by atoms with van der Waals surface area (Å²) >= 11 is 0. The van der Waals surface area contributed by atoms with Crippen molar-refractivity contribution in [2.24, 2.45) is 0 Å². The van der Waals surface area contributed by atoms with Gasteiger partial charge in [0.25, 0.3) is 5.56 Å². The van der Waals surface area contributed by atoms with Crippen molar-refractivity contribution in [2.45, 2.75) is 58.3 Å². The molecule has 41 heavy (non-hydrogen) atoms. The number of benzene rings is 2. The topological polar surface area (TPSA) is 103 Å². The molecule has 1 aliphatic carbocycles. The van der Waals surface area contributed by atoms with E-state index < -0.39 is 11.2 Å². The van der Waals surface area contributed by atoms with Crippen LogP contribution < -0.4 is 16.1 Å². The Balaban J connectivity index is 0.00000387. The average Bonchev–Trinajstić information content (AvgIpc) is 3.42. The van der Waals surface area contributed by atoms with E-state index in [1.165, 1.54) is 0 Å². The smallest absolute Gasteiger partial charge is 0.438 e. The van der Waals surface area contributed by atoms with Crippen LogP contribution in [0.15, 0.2) is 87.2 Å². The van der Waals surface area contributed by atoms with E-state index in [4.69, 9.17) is 14.2 Å². The molecule has 2 aromatic carbocycles. The van der Waals surface area contributed by atoms with Crippen molar-refractivity contribution in [2.75, 3.05) is 6.61 Å². The van der Waals surface area contributed by atoms with E-state index in [0.717, 1.165) is 53.1 Å². The van der Waals surface area contributed by atoms with Gasteiger partial charge in [0.1, 0.15) is 12.1 Å². The van der Waals surface area contributed by atoms with Crippen LogP contribution in [-0.4, -0.2) is 55.9 Å². The summed E-state index contributed by atoms with van der Waals surface area (Å²) in [6.45, 7) is 6.71. The van der Waals surface area contributed by atoms with Crippen molar-refractivity contribution in [3.8, 4) is 11.4 Å². The van der Waals surface area contributed by atoms with Crippen molar-refractivity contribution in [3.05, 3.63) is 122 Å². The quantitative estimate of drug-likeness (QED) is 0.268. The molecule has 0 bridgehead atoms. The summed E-state index contributed by atoms with van der Waals surface area (Å²) in [5.41, 5.74) is 4.80. The van der Waals surface area contributed by atoms with Crippen LogP contribution in [0.4, 0.5) is 0 Å². The molecule has 1 atom stereocenters. The molecule has 2 heterocycles. The second-order valence-corrected chi connectivity index (χ2v) is 10.2. The van der Waals surface area contributed by atoms with Crippen LogP contribution in [0.2, 0.25) is 0 Å². The third-order valence-corrected chi connectivity index (χ3v) is 7.48. The number of aromatic nitrogens is 4. The third kappa shape index (κ3) is 6.56. The van der Waals surface area contributed by atoms with Gasteiger partial charge in [0, 0.05) is 41.5 Å². The molecule has 1 aliphatic rings. The van der Waals surface area contributed by atoms with E-state index in [0.29, 0.717) is 30.8 Å². The summed E-state index contributed by atoms with van der Waals surface area (Å²) < 4.78 is 12.0. The summed E-state index contributed by atoms with van der Waals surface area (Å²) in [5.74, 6) is 0.705. The zero-order valence-electron chi connectivity index (χ0n) is 24.1. The van der Waals surface area contributed by atoms with Gasteiger partial charge in [-0.25, -0.2) is 9.78 Å². The number of nitrogens with one attached hydrogen (secondary N) is 1. The van der Waals surface area contributed by atoms with Gasteiger partial charge in [-0.2, -0.15) is 0 Å². The molecule has 2 aromatic heterocycles. The maximum atomic E-state index is 13.8. The molecule has 0 amide bonds. The van der Waals surface area contributed by atoms with Crippen LogP contribution in [0.5, 0.6) is 5.75 Å². The number of ether oxygens (including phenoxy) is 1. The van der Waals surface area contributed by atoms with Crippen LogP contribution in [0.25, 0.3) is 11.3 Å². The van der Waals surface area contributed by atoms with Crippen LogP contribution in [0.1, 0.15) is 68.2 Å². The monoisotopic (exact) mass is 561 g/mol. The number of H-pyrrole nitrogens is 1. The number of allylic oxidation sites excluding steroid dienone is 4. The van der Waals surface area contributed by atoms with E-state index in [-0.39, 0.29) is 35.1 Å². The van der Waals surface area contributed by atoms with Crippen molar-refractivity contribution in [1.82, 2.24) is 19.7 Å². The fraction of sp³-hybridized carbons (Fsp3) is 0.312. The number of hydrogen-bond donors (Lipinski definition) is 1. The van der Waals surface area contributed by atoms with Gasteiger partial charge in [0.05, 0.1) is 23.4 Å². The maximum absolute atomic E-state index is 13.8. The van der Waals surface area contributed by atoms with Gasteiger partial charge in [0.2, 0.25) is 0 Å². The van der Waals surface area contributed by atoms with Crippen molar-refractivity contribution >= 4 is 35.1 Å². The fourth-order valence-electron chi connectivity index (χ4n) is 5.19. The van der Waals surface area contributed by atoms with Crippen LogP contribution >= 0.6 is 0 Å². The molecule has 9 heteroatoms. The largest absolute Gasteiger partial charge is 0.494 e. The molecule has 207 valence electrons. The second-order valence-electron chi connectivity index (χ2n) is 10.2. The summed E-state index contributed by atoms with van der Waals surface area (Å²) in [6, 6.07) is 15.7. The van der Waals surface area contributed by atoms with E-state index >= 15 is 0 Å². The number of nitrogens with zero attached hydrogens (tertiary/aromatic N) is 3. The number of rotatable bonds is 10. The molecule has 0 spiro atoms. The van der Waals surface area contributed by atoms with Gasteiger partial charge in [-0.05, 0) is 74.1 Å². The fourth-order valence-corrected chi connectivity index (χ4v) is 5.19. The molecule has 0 saturated heterocycles. The molecule has 0 saturated carbocycles. The molecule has 0 fully saturated rings. The molecule has 4 aromatic rings. The van der Waals surface area contributed by atoms with E-state index in [2.05, 4.69) is 47.4 Å². The Bertz CT molecular complexity index is 1650. The number of aryl methyl sites for hydroxylation is 1. The Hall–Kier alpha value is -3.46.